The molecule has 0 aliphatic carbocycles. The predicted molar refractivity (Wildman–Crippen MR) is 76.4 cm³/mol. The van der Waals surface area contributed by atoms with Crippen molar-refractivity contribution in [2.45, 2.75) is 58.2 Å². The quantitative estimate of drug-likeness (QED) is 0.596. The van der Waals surface area contributed by atoms with Gasteiger partial charge in [-0.3, -0.25) is 0 Å². The van der Waals surface area contributed by atoms with Crippen molar-refractivity contribution in [3.63, 3.8) is 0 Å². The highest BCUT2D eigenvalue weighted by Gasteiger charge is 2.41. The first kappa shape index (κ1) is 15.0. The van der Waals surface area contributed by atoms with Gasteiger partial charge >= 0.3 is 0 Å². The largest absolute Gasteiger partial charge is 0.233 e. The second kappa shape index (κ2) is 5.70. The normalized spacial score (nSPS) is 12.1. The van der Waals surface area contributed by atoms with Crippen LogP contribution in [-0.2, 0) is 0 Å². The molecule has 0 bridgehead atoms. The summed E-state index contributed by atoms with van der Waals surface area (Å²) in [6.45, 7) is 13.5. The monoisotopic (exact) mass is 266 g/mol. The lowest BCUT2D eigenvalue weighted by Crippen LogP contribution is -2.43. The zero-order valence-corrected chi connectivity index (χ0v) is 13.2. The second-order valence-corrected chi connectivity index (χ2v) is 11.3. The van der Waals surface area contributed by atoms with Gasteiger partial charge in [0, 0.05) is 18.3 Å². The number of aromatic nitrogens is 2. The van der Waals surface area contributed by atoms with Crippen LogP contribution >= 0.6 is 0 Å². The van der Waals surface area contributed by atoms with Crippen LogP contribution in [0.4, 0.5) is 4.39 Å². The summed E-state index contributed by atoms with van der Waals surface area (Å²) in [5.41, 5.74) is 5.21. The highest BCUT2D eigenvalue weighted by Crippen LogP contribution is 2.40. The molecule has 0 radical (unpaired) electrons. The van der Waals surface area contributed by atoms with Gasteiger partial charge in [0.2, 0.25) is 5.95 Å². The molecule has 0 atom stereocenters. The van der Waals surface area contributed by atoms with Crippen LogP contribution < -0.4 is 0 Å². The Morgan fingerprint density at radius 3 is 1.94 bits per heavy atom. The Kier molecular flexibility index (Phi) is 4.75. The van der Waals surface area contributed by atoms with Crippen LogP contribution in [0, 0.1) is 17.5 Å². The molecule has 0 saturated carbocycles. The fourth-order valence-corrected chi connectivity index (χ4v) is 8.13. The third-order valence-electron chi connectivity index (χ3n) is 3.81. The summed E-state index contributed by atoms with van der Waals surface area (Å²) in [5, 5.41) is 3.69. The number of hydrogen-bond acceptors (Lipinski definition) is 1. The van der Waals surface area contributed by atoms with E-state index in [1.165, 1.54) is 10.7 Å². The molecule has 0 fully saturated rings. The maximum absolute atomic E-state index is 12.8. The van der Waals surface area contributed by atoms with Crippen molar-refractivity contribution >= 4 is 8.07 Å². The summed E-state index contributed by atoms with van der Waals surface area (Å²) in [6, 6.07) is 4.36. The highest BCUT2D eigenvalue weighted by atomic mass is 28.3. The molecule has 0 amide bonds. The average molecular weight is 266 g/mol. The van der Waals surface area contributed by atoms with Crippen molar-refractivity contribution in [3.05, 3.63) is 18.2 Å². The van der Waals surface area contributed by atoms with Crippen LogP contribution in [0.15, 0.2) is 12.3 Å². The third-order valence-corrected chi connectivity index (χ3v) is 10.1. The summed E-state index contributed by atoms with van der Waals surface area (Å²) in [6.07, 6.45) is 1.57. The van der Waals surface area contributed by atoms with Gasteiger partial charge in [-0.2, -0.15) is 9.07 Å². The molecule has 1 heterocycles. The average Bonchev–Trinajstić information content (AvgIpc) is 2.63. The third kappa shape index (κ3) is 2.84. The SMILES string of the molecule is CC(C)[Si](C#Cn1ccc(F)n1)(C(C)C)C(C)C. The van der Waals surface area contributed by atoms with E-state index in [1.54, 1.807) is 6.20 Å². The van der Waals surface area contributed by atoms with Gasteiger partial charge in [-0.15, -0.1) is 10.6 Å². The smallest absolute Gasteiger partial charge is 0.195 e. The van der Waals surface area contributed by atoms with Crippen LogP contribution in [0.5, 0.6) is 0 Å². The zero-order valence-electron chi connectivity index (χ0n) is 12.2. The summed E-state index contributed by atoms with van der Waals surface area (Å²) in [4.78, 5) is 0. The molecule has 1 aromatic rings. The molecule has 0 aliphatic rings. The minimum absolute atomic E-state index is 0.477. The topological polar surface area (TPSA) is 17.8 Å². The van der Waals surface area contributed by atoms with E-state index in [0.29, 0.717) is 16.6 Å². The molecule has 18 heavy (non-hydrogen) atoms. The Balaban J connectivity index is 3.17. The number of halogens is 1. The Morgan fingerprint density at radius 2 is 1.61 bits per heavy atom. The van der Waals surface area contributed by atoms with E-state index in [9.17, 15) is 4.39 Å². The predicted octanol–water partition coefficient (Wildman–Crippen LogP) is 4.05. The van der Waals surface area contributed by atoms with Crippen LogP contribution in [0.1, 0.15) is 41.5 Å². The van der Waals surface area contributed by atoms with Crippen LogP contribution in [0.25, 0.3) is 0 Å². The van der Waals surface area contributed by atoms with Gasteiger partial charge in [-0.05, 0) is 16.6 Å². The lowest BCUT2D eigenvalue weighted by atomic mass is 10.5. The molecule has 0 aliphatic heterocycles. The van der Waals surface area contributed by atoms with Gasteiger partial charge in [0.15, 0.2) is 0 Å². The van der Waals surface area contributed by atoms with Crippen molar-refractivity contribution in [2.75, 3.05) is 0 Å². The molecular weight excluding hydrogens is 243 g/mol. The highest BCUT2D eigenvalue weighted by molar-refractivity contribution is 6.90. The molecule has 1 rings (SSSR count). The summed E-state index contributed by atoms with van der Waals surface area (Å²) in [7, 11) is -1.75. The molecular formula is C14H23FN2Si. The maximum atomic E-state index is 12.8. The van der Waals surface area contributed by atoms with Crippen molar-refractivity contribution < 1.29 is 4.39 Å². The molecule has 1 aromatic heterocycles. The van der Waals surface area contributed by atoms with Gasteiger partial charge in [-0.25, -0.2) is 0 Å². The van der Waals surface area contributed by atoms with Crippen LogP contribution in [-0.4, -0.2) is 17.9 Å². The summed E-state index contributed by atoms with van der Waals surface area (Å²) in [5.74, 6) is -0.477. The standard InChI is InChI=1S/C14H23FN2Si/c1-11(2)18(12(3)4,13(5)6)10-9-17-8-7-14(15)16-17/h7-8,11-13H,1-6H3. The number of hydrogen-bond donors (Lipinski definition) is 0. The fourth-order valence-electron chi connectivity index (χ4n) is 2.95. The minimum atomic E-state index is -1.75. The lowest BCUT2D eigenvalue weighted by molar-refractivity contribution is 0.568. The molecule has 4 heteroatoms. The molecule has 0 saturated heterocycles. The molecule has 0 aromatic carbocycles. The van der Waals surface area contributed by atoms with Gasteiger partial charge in [0.1, 0.15) is 8.07 Å². The Hall–Kier alpha value is -1.08. The van der Waals surface area contributed by atoms with Crippen molar-refractivity contribution in [3.8, 4) is 11.6 Å². The first-order valence-electron chi connectivity index (χ1n) is 6.55. The van der Waals surface area contributed by atoms with Gasteiger partial charge in [-0.1, -0.05) is 41.5 Å². The lowest BCUT2D eigenvalue weighted by Gasteiger charge is -2.37. The van der Waals surface area contributed by atoms with Crippen LogP contribution in [0.2, 0.25) is 16.6 Å². The number of rotatable bonds is 3. The van der Waals surface area contributed by atoms with Gasteiger partial charge < -0.3 is 0 Å². The van der Waals surface area contributed by atoms with Crippen molar-refractivity contribution in [1.29, 1.82) is 0 Å². The molecule has 0 N–H and O–H groups in total. The molecule has 0 unspecified atom stereocenters. The van der Waals surface area contributed by atoms with E-state index in [1.807, 2.05) is 0 Å². The first-order valence-corrected chi connectivity index (χ1v) is 8.78. The Labute approximate surface area is 111 Å². The maximum Gasteiger partial charge on any atom is 0.233 e. The van der Waals surface area contributed by atoms with Gasteiger partial charge in [0.25, 0.3) is 0 Å². The van der Waals surface area contributed by atoms with E-state index in [2.05, 4.69) is 58.2 Å². The van der Waals surface area contributed by atoms with E-state index in [0.717, 1.165) is 0 Å². The molecule has 2 nitrogen and oxygen atoms in total. The van der Waals surface area contributed by atoms with Crippen molar-refractivity contribution in [1.82, 2.24) is 9.78 Å². The summed E-state index contributed by atoms with van der Waals surface area (Å²) < 4.78 is 14.2. The second-order valence-electron chi connectivity index (χ2n) is 5.72. The Bertz CT molecular complexity index is 430. The van der Waals surface area contributed by atoms with Gasteiger partial charge in [0.05, 0.1) is 0 Å². The number of nitrogens with zero attached hydrogens (tertiary/aromatic N) is 2. The molecule has 100 valence electrons. The van der Waals surface area contributed by atoms with Crippen molar-refractivity contribution in [2.24, 2.45) is 0 Å². The van der Waals surface area contributed by atoms with E-state index < -0.39 is 14.0 Å². The Morgan fingerprint density at radius 1 is 1.11 bits per heavy atom. The van der Waals surface area contributed by atoms with E-state index in [4.69, 9.17) is 0 Å². The fraction of sp³-hybridized carbons (Fsp3) is 0.643. The zero-order chi connectivity index (χ0) is 13.9. The van der Waals surface area contributed by atoms with Crippen LogP contribution in [0.3, 0.4) is 0 Å². The van der Waals surface area contributed by atoms with E-state index >= 15 is 0 Å². The summed E-state index contributed by atoms with van der Waals surface area (Å²) >= 11 is 0. The first-order chi connectivity index (χ1) is 8.30. The van der Waals surface area contributed by atoms with E-state index in [-0.39, 0.29) is 0 Å². The minimum Gasteiger partial charge on any atom is -0.195 e. The molecule has 0 spiro atoms.